The highest BCUT2D eigenvalue weighted by molar-refractivity contribution is 5.97. The normalized spacial score (nSPS) is 17.5. The van der Waals surface area contributed by atoms with Crippen LogP contribution < -0.4 is 5.32 Å². The molecule has 0 bridgehead atoms. The van der Waals surface area contributed by atoms with Crippen LogP contribution in [-0.4, -0.2) is 17.1 Å². The first-order chi connectivity index (χ1) is 9.18. The molecule has 0 aromatic heterocycles. The zero-order valence-electron chi connectivity index (χ0n) is 11.0. The summed E-state index contributed by atoms with van der Waals surface area (Å²) in [6.45, 7) is 0. The van der Waals surface area contributed by atoms with Crippen LogP contribution in [0.15, 0.2) is 18.2 Å². The molecule has 1 aliphatic carbocycles. The quantitative estimate of drug-likeness (QED) is 0.861. The Hall–Kier alpha value is -1.58. The average molecular weight is 265 g/mol. The van der Waals surface area contributed by atoms with Gasteiger partial charge in [0.1, 0.15) is 17.1 Å². The number of hydrogen-bond donors (Lipinski definition) is 2. The van der Waals surface area contributed by atoms with Crippen LogP contribution in [0.5, 0.6) is 5.75 Å². The zero-order valence-corrected chi connectivity index (χ0v) is 11.0. The molecule has 4 heteroatoms. The van der Waals surface area contributed by atoms with Gasteiger partial charge in [0.05, 0.1) is 0 Å². The fourth-order valence-electron chi connectivity index (χ4n) is 2.60. The number of aromatic hydroxyl groups is 1. The summed E-state index contributed by atoms with van der Waals surface area (Å²) in [5.41, 5.74) is -0.246. The van der Waals surface area contributed by atoms with Gasteiger partial charge in [-0.3, -0.25) is 4.79 Å². The van der Waals surface area contributed by atoms with E-state index in [-0.39, 0.29) is 17.4 Å². The maximum Gasteiger partial charge on any atom is 0.258 e. The SMILES string of the molecule is O=C(NC1CCCCCCC1)c1c(O)cccc1F. The van der Waals surface area contributed by atoms with E-state index >= 15 is 0 Å². The Balaban J connectivity index is 2.03. The molecule has 0 radical (unpaired) electrons. The highest BCUT2D eigenvalue weighted by Gasteiger charge is 2.20. The number of rotatable bonds is 2. The molecule has 2 N–H and O–H groups in total. The molecule has 0 aliphatic heterocycles. The van der Waals surface area contributed by atoms with Gasteiger partial charge in [-0.2, -0.15) is 0 Å². The van der Waals surface area contributed by atoms with Crippen molar-refractivity contribution in [2.45, 2.75) is 51.0 Å². The lowest BCUT2D eigenvalue weighted by Crippen LogP contribution is -2.35. The molecule has 104 valence electrons. The fourth-order valence-corrected chi connectivity index (χ4v) is 2.60. The molecule has 0 unspecified atom stereocenters. The molecule has 0 heterocycles. The molecule has 0 atom stereocenters. The van der Waals surface area contributed by atoms with E-state index in [2.05, 4.69) is 5.32 Å². The number of carbonyl (C=O) groups is 1. The standard InChI is InChI=1S/C15H20FNO2/c16-12-9-6-10-13(18)14(12)15(19)17-11-7-4-2-1-3-5-8-11/h6,9-11,18H,1-5,7-8H2,(H,17,19). The van der Waals surface area contributed by atoms with Crippen LogP contribution in [0.25, 0.3) is 0 Å². The van der Waals surface area contributed by atoms with E-state index in [9.17, 15) is 14.3 Å². The van der Waals surface area contributed by atoms with Crippen LogP contribution in [0.2, 0.25) is 0 Å². The van der Waals surface area contributed by atoms with Crippen molar-refractivity contribution in [3.05, 3.63) is 29.6 Å². The maximum absolute atomic E-state index is 13.6. The van der Waals surface area contributed by atoms with Crippen molar-refractivity contribution in [2.75, 3.05) is 0 Å². The van der Waals surface area contributed by atoms with Gasteiger partial charge in [-0.15, -0.1) is 0 Å². The van der Waals surface area contributed by atoms with Crippen LogP contribution in [0.4, 0.5) is 4.39 Å². The first-order valence-corrected chi connectivity index (χ1v) is 6.97. The molecule has 0 saturated heterocycles. The summed E-state index contributed by atoms with van der Waals surface area (Å²) in [7, 11) is 0. The summed E-state index contributed by atoms with van der Waals surface area (Å²) in [6.07, 6.45) is 7.69. The smallest absolute Gasteiger partial charge is 0.258 e. The van der Waals surface area contributed by atoms with Crippen LogP contribution in [-0.2, 0) is 0 Å². The Morgan fingerprint density at radius 2 is 1.79 bits per heavy atom. The van der Waals surface area contributed by atoms with Gasteiger partial charge in [-0.05, 0) is 25.0 Å². The largest absolute Gasteiger partial charge is 0.507 e. The Bertz CT molecular complexity index is 420. The zero-order chi connectivity index (χ0) is 13.7. The fraction of sp³-hybridized carbons (Fsp3) is 0.533. The van der Waals surface area contributed by atoms with Crippen molar-refractivity contribution in [2.24, 2.45) is 0 Å². The monoisotopic (exact) mass is 265 g/mol. The number of phenols is 1. The van der Waals surface area contributed by atoms with Gasteiger partial charge < -0.3 is 10.4 Å². The summed E-state index contributed by atoms with van der Waals surface area (Å²) in [5.74, 6) is -1.49. The summed E-state index contributed by atoms with van der Waals surface area (Å²) >= 11 is 0. The van der Waals surface area contributed by atoms with Gasteiger partial charge >= 0.3 is 0 Å². The second-order valence-electron chi connectivity index (χ2n) is 5.15. The molecule has 1 fully saturated rings. The van der Waals surface area contributed by atoms with Gasteiger partial charge in [-0.25, -0.2) is 4.39 Å². The number of hydrogen-bond acceptors (Lipinski definition) is 2. The van der Waals surface area contributed by atoms with Crippen LogP contribution in [0.1, 0.15) is 55.3 Å². The predicted octanol–water partition coefficient (Wildman–Crippen LogP) is 3.37. The minimum atomic E-state index is -0.677. The molecule has 3 nitrogen and oxygen atoms in total. The van der Waals surface area contributed by atoms with Gasteiger partial charge in [0.2, 0.25) is 0 Å². The van der Waals surface area contributed by atoms with Gasteiger partial charge in [-0.1, -0.05) is 38.2 Å². The van der Waals surface area contributed by atoms with Crippen molar-refractivity contribution in [1.29, 1.82) is 0 Å². The first kappa shape index (κ1) is 13.8. The lowest BCUT2D eigenvalue weighted by atomic mass is 9.96. The molecule has 1 aliphatic rings. The molecular weight excluding hydrogens is 245 g/mol. The lowest BCUT2D eigenvalue weighted by molar-refractivity contribution is 0.0923. The molecular formula is C15H20FNO2. The minimum Gasteiger partial charge on any atom is -0.507 e. The first-order valence-electron chi connectivity index (χ1n) is 6.97. The summed E-state index contributed by atoms with van der Waals surface area (Å²) < 4.78 is 13.6. The molecule has 19 heavy (non-hydrogen) atoms. The Morgan fingerprint density at radius 1 is 1.16 bits per heavy atom. The van der Waals surface area contributed by atoms with E-state index in [0.29, 0.717) is 0 Å². The highest BCUT2D eigenvalue weighted by atomic mass is 19.1. The molecule has 2 rings (SSSR count). The van der Waals surface area contributed by atoms with Crippen LogP contribution >= 0.6 is 0 Å². The summed E-state index contributed by atoms with van der Waals surface area (Å²) in [4.78, 5) is 12.0. The molecule has 1 amide bonds. The lowest BCUT2D eigenvalue weighted by Gasteiger charge is -2.21. The van der Waals surface area contributed by atoms with Crippen molar-refractivity contribution >= 4 is 5.91 Å². The molecule has 0 spiro atoms. The number of amides is 1. The van der Waals surface area contributed by atoms with Crippen molar-refractivity contribution < 1.29 is 14.3 Å². The predicted molar refractivity (Wildman–Crippen MR) is 71.6 cm³/mol. The second-order valence-corrected chi connectivity index (χ2v) is 5.15. The maximum atomic E-state index is 13.6. The molecule has 1 saturated carbocycles. The number of nitrogens with one attached hydrogen (secondary N) is 1. The number of benzene rings is 1. The van der Waals surface area contributed by atoms with Crippen LogP contribution in [0.3, 0.4) is 0 Å². The van der Waals surface area contributed by atoms with Crippen molar-refractivity contribution in [1.82, 2.24) is 5.32 Å². The van der Waals surface area contributed by atoms with E-state index in [0.717, 1.165) is 25.7 Å². The van der Waals surface area contributed by atoms with Gasteiger partial charge in [0, 0.05) is 6.04 Å². The molecule has 1 aromatic rings. The van der Waals surface area contributed by atoms with Crippen LogP contribution in [0, 0.1) is 5.82 Å². The third kappa shape index (κ3) is 3.69. The van der Waals surface area contributed by atoms with Gasteiger partial charge in [0.25, 0.3) is 5.91 Å². The summed E-state index contributed by atoms with van der Waals surface area (Å²) in [6, 6.07) is 3.99. The second kappa shape index (κ2) is 6.55. The number of halogens is 1. The van der Waals surface area contributed by atoms with E-state index in [1.807, 2.05) is 0 Å². The van der Waals surface area contributed by atoms with Gasteiger partial charge in [0.15, 0.2) is 0 Å². The summed E-state index contributed by atoms with van der Waals surface area (Å²) in [5, 5.41) is 12.4. The van der Waals surface area contributed by atoms with Crippen molar-refractivity contribution in [3.63, 3.8) is 0 Å². The van der Waals surface area contributed by atoms with Crippen molar-refractivity contribution in [3.8, 4) is 5.75 Å². The Morgan fingerprint density at radius 3 is 2.42 bits per heavy atom. The van der Waals surface area contributed by atoms with E-state index in [4.69, 9.17) is 0 Å². The molecule has 1 aromatic carbocycles. The Labute approximate surface area is 112 Å². The third-order valence-corrected chi connectivity index (χ3v) is 3.66. The third-order valence-electron chi connectivity index (χ3n) is 3.66. The highest BCUT2D eigenvalue weighted by Crippen LogP contribution is 2.21. The number of phenolic OH excluding ortho intramolecular Hbond substituents is 1. The topological polar surface area (TPSA) is 49.3 Å². The van der Waals surface area contributed by atoms with E-state index < -0.39 is 11.7 Å². The Kier molecular flexibility index (Phi) is 4.77. The van der Waals surface area contributed by atoms with E-state index in [1.165, 1.54) is 37.5 Å². The minimum absolute atomic E-state index is 0.0896. The average Bonchev–Trinajstić information content (AvgIpc) is 2.32. The number of carbonyl (C=O) groups excluding carboxylic acids is 1. The van der Waals surface area contributed by atoms with E-state index in [1.54, 1.807) is 0 Å².